The first-order valence-corrected chi connectivity index (χ1v) is 6.09. The fraction of sp³-hybridized carbons (Fsp3) is 0.308. The highest BCUT2D eigenvalue weighted by molar-refractivity contribution is 6.30. The van der Waals surface area contributed by atoms with Crippen LogP contribution in [-0.2, 0) is 4.79 Å². The van der Waals surface area contributed by atoms with Crippen molar-refractivity contribution in [3.05, 3.63) is 35.2 Å². The molecule has 0 saturated carbocycles. The quantitative estimate of drug-likeness (QED) is 0.848. The summed E-state index contributed by atoms with van der Waals surface area (Å²) in [5, 5.41) is 4.54. The first-order valence-electron chi connectivity index (χ1n) is 5.71. The van der Waals surface area contributed by atoms with Crippen LogP contribution in [0.3, 0.4) is 0 Å². The Morgan fingerprint density at radius 3 is 2.61 bits per heavy atom. The molecule has 0 saturated heterocycles. The molecule has 0 spiro atoms. The highest BCUT2D eigenvalue weighted by Gasteiger charge is 2.21. The average Bonchev–Trinajstić information content (AvgIpc) is 2.80. The number of aromatic nitrogens is 2. The van der Waals surface area contributed by atoms with Crippen molar-refractivity contribution >= 4 is 17.4 Å². The number of carbonyl (C=O) groups excluding carboxylic acids is 1. The third-order valence-corrected chi connectivity index (χ3v) is 2.99. The van der Waals surface area contributed by atoms with E-state index in [9.17, 15) is 4.79 Å². The summed E-state index contributed by atoms with van der Waals surface area (Å²) < 4.78 is 5.15. The minimum absolute atomic E-state index is 0.0313. The van der Waals surface area contributed by atoms with Crippen LogP contribution in [0, 0.1) is 0 Å². The zero-order valence-corrected chi connectivity index (χ0v) is 10.9. The number of rotatable bonds is 4. The smallest absolute Gasteiger partial charge is 0.237 e. The molecule has 1 unspecified atom stereocenters. The van der Waals surface area contributed by atoms with Crippen molar-refractivity contribution in [2.24, 2.45) is 0 Å². The highest BCUT2D eigenvalue weighted by Crippen LogP contribution is 2.23. The largest absolute Gasteiger partial charge is 0.338 e. The van der Waals surface area contributed by atoms with Crippen LogP contribution < -0.4 is 0 Å². The number of carbonyl (C=O) groups is 1. The van der Waals surface area contributed by atoms with Gasteiger partial charge in [0.05, 0.1) is 5.92 Å². The van der Waals surface area contributed by atoms with Gasteiger partial charge in [0.2, 0.25) is 11.7 Å². The molecule has 0 radical (unpaired) electrons. The van der Waals surface area contributed by atoms with E-state index in [2.05, 4.69) is 10.1 Å². The summed E-state index contributed by atoms with van der Waals surface area (Å²) in [6.07, 6.45) is 0.650. The molecule has 1 aromatic carbocycles. The van der Waals surface area contributed by atoms with Gasteiger partial charge in [-0.05, 0) is 37.6 Å². The molecule has 0 fully saturated rings. The van der Waals surface area contributed by atoms with Gasteiger partial charge in [0.15, 0.2) is 0 Å². The summed E-state index contributed by atoms with van der Waals surface area (Å²) in [6, 6.07) is 7.14. The molecule has 0 aliphatic carbocycles. The Kier molecular flexibility index (Phi) is 3.77. The van der Waals surface area contributed by atoms with Crippen molar-refractivity contribution in [3.63, 3.8) is 0 Å². The van der Waals surface area contributed by atoms with Crippen molar-refractivity contribution in [2.75, 3.05) is 0 Å². The standard InChI is InChI=1S/C13H13ClN2O2/c1-3-11(8(2)17)13-15-12(16-18-13)9-4-6-10(14)7-5-9/h4-7,11H,3H2,1-2H3. The van der Waals surface area contributed by atoms with Crippen LogP contribution in [0.2, 0.25) is 5.02 Å². The van der Waals surface area contributed by atoms with Gasteiger partial charge in [0.1, 0.15) is 5.78 Å². The Morgan fingerprint density at radius 2 is 2.06 bits per heavy atom. The Balaban J connectivity index is 2.30. The second-order valence-corrected chi connectivity index (χ2v) is 4.47. The number of benzene rings is 1. The summed E-state index contributed by atoms with van der Waals surface area (Å²) in [4.78, 5) is 15.7. The number of Topliss-reactive ketones (excluding diaryl/α,β-unsaturated/α-hetero) is 1. The number of ketones is 1. The van der Waals surface area contributed by atoms with Crippen molar-refractivity contribution in [2.45, 2.75) is 26.2 Å². The molecule has 0 N–H and O–H groups in total. The number of nitrogens with zero attached hydrogens (tertiary/aromatic N) is 2. The van der Waals surface area contributed by atoms with Crippen molar-refractivity contribution in [1.82, 2.24) is 10.1 Å². The van der Waals surface area contributed by atoms with Crippen molar-refractivity contribution in [1.29, 1.82) is 0 Å². The van der Waals surface area contributed by atoms with E-state index < -0.39 is 0 Å². The molecule has 5 heteroatoms. The molecule has 2 aromatic rings. The number of halogens is 1. The zero-order chi connectivity index (χ0) is 13.1. The van der Waals surface area contributed by atoms with E-state index in [1.54, 1.807) is 12.1 Å². The van der Waals surface area contributed by atoms with Crippen LogP contribution in [-0.4, -0.2) is 15.9 Å². The fourth-order valence-electron chi connectivity index (χ4n) is 1.73. The molecule has 4 nitrogen and oxygen atoms in total. The SMILES string of the molecule is CCC(C(C)=O)c1nc(-c2ccc(Cl)cc2)no1. The molecular formula is C13H13ClN2O2. The lowest BCUT2D eigenvalue weighted by atomic mass is 10.0. The summed E-state index contributed by atoms with van der Waals surface area (Å²) >= 11 is 5.81. The fourth-order valence-corrected chi connectivity index (χ4v) is 1.85. The third-order valence-electron chi connectivity index (χ3n) is 2.74. The Hall–Kier alpha value is -1.68. The van der Waals surface area contributed by atoms with E-state index in [0.29, 0.717) is 23.2 Å². The molecule has 0 aliphatic heterocycles. The van der Waals surface area contributed by atoms with Crippen LogP contribution in [0.1, 0.15) is 32.1 Å². The maximum Gasteiger partial charge on any atom is 0.237 e. The summed E-state index contributed by atoms with van der Waals surface area (Å²) in [5.74, 6) is 0.554. The highest BCUT2D eigenvalue weighted by atomic mass is 35.5. The molecular weight excluding hydrogens is 252 g/mol. The van der Waals surface area contributed by atoms with Gasteiger partial charge in [-0.25, -0.2) is 0 Å². The second kappa shape index (κ2) is 5.31. The molecule has 94 valence electrons. The number of hydrogen-bond donors (Lipinski definition) is 0. The van der Waals surface area contributed by atoms with E-state index in [1.807, 2.05) is 19.1 Å². The van der Waals surface area contributed by atoms with Crippen LogP contribution in [0.5, 0.6) is 0 Å². The molecule has 1 aromatic heterocycles. The molecule has 18 heavy (non-hydrogen) atoms. The van der Waals surface area contributed by atoms with E-state index in [0.717, 1.165) is 5.56 Å². The Morgan fingerprint density at radius 1 is 1.39 bits per heavy atom. The average molecular weight is 265 g/mol. The number of hydrogen-bond acceptors (Lipinski definition) is 4. The summed E-state index contributed by atoms with van der Waals surface area (Å²) in [7, 11) is 0. The van der Waals surface area contributed by atoms with E-state index >= 15 is 0 Å². The normalized spacial score (nSPS) is 12.4. The van der Waals surface area contributed by atoms with Gasteiger partial charge in [0, 0.05) is 10.6 Å². The second-order valence-electron chi connectivity index (χ2n) is 4.03. The molecule has 0 bridgehead atoms. The Bertz CT molecular complexity index is 548. The predicted octanol–water partition coefficient (Wildman–Crippen LogP) is 3.47. The minimum Gasteiger partial charge on any atom is -0.338 e. The van der Waals surface area contributed by atoms with E-state index in [4.69, 9.17) is 16.1 Å². The lowest BCUT2D eigenvalue weighted by Crippen LogP contribution is -2.07. The Labute approximate surface area is 110 Å². The lowest BCUT2D eigenvalue weighted by molar-refractivity contribution is -0.119. The maximum absolute atomic E-state index is 11.4. The van der Waals surface area contributed by atoms with Gasteiger partial charge in [-0.3, -0.25) is 4.79 Å². The van der Waals surface area contributed by atoms with Gasteiger partial charge < -0.3 is 4.52 Å². The van der Waals surface area contributed by atoms with Gasteiger partial charge in [0.25, 0.3) is 0 Å². The van der Waals surface area contributed by atoms with Crippen LogP contribution in [0.4, 0.5) is 0 Å². The zero-order valence-electron chi connectivity index (χ0n) is 10.2. The predicted molar refractivity (Wildman–Crippen MR) is 68.5 cm³/mol. The lowest BCUT2D eigenvalue weighted by Gasteiger charge is -2.03. The van der Waals surface area contributed by atoms with Crippen LogP contribution in [0.25, 0.3) is 11.4 Å². The van der Waals surface area contributed by atoms with Gasteiger partial charge in [-0.1, -0.05) is 23.7 Å². The minimum atomic E-state index is -0.321. The van der Waals surface area contributed by atoms with Gasteiger partial charge in [-0.15, -0.1) is 0 Å². The summed E-state index contributed by atoms with van der Waals surface area (Å²) in [6.45, 7) is 3.44. The molecule has 0 aliphatic rings. The molecule has 0 amide bonds. The maximum atomic E-state index is 11.4. The van der Waals surface area contributed by atoms with Crippen molar-refractivity contribution in [3.8, 4) is 11.4 Å². The first-order chi connectivity index (χ1) is 8.61. The molecule has 1 atom stereocenters. The van der Waals surface area contributed by atoms with Crippen LogP contribution in [0.15, 0.2) is 28.8 Å². The van der Waals surface area contributed by atoms with Crippen molar-refractivity contribution < 1.29 is 9.32 Å². The monoisotopic (exact) mass is 264 g/mol. The first kappa shape index (κ1) is 12.8. The van der Waals surface area contributed by atoms with Crippen LogP contribution >= 0.6 is 11.6 Å². The molecule has 2 rings (SSSR count). The summed E-state index contributed by atoms with van der Waals surface area (Å²) in [5.41, 5.74) is 0.813. The van der Waals surface area contributed by atoms with E-state index in [1.165, 1.54) is 6.92 Å². The van der Waals surface area contributed by atoms with E-state index in [-0.39, 0.29) is 11.7 Å². The van der Waals surface area contributed by atoms with Gasteiger partial charge in [-0.2, -0.15) is 4.98 Å². The van der Waals surface area contributed by atoms with Gasteiger partial charge >= 0.3 is 0 Å². The topological polar surface area (TPSA) is 56.0 Å². The molecule has 1 heterocycles. The third kappa shape index (κ3) is 2.59.